The van der Waals surface area contributed by atoms with Gasteiger partial charge in [-0.25, -0.2) is 4.98 Å². The van der Waals surface area contributed by atoms with Gasteiger partial charge in [0, 0.05) is 50.5 Å². The molecule has 0 aliphatic rings. The summed E-state index contributed by atoms with van der Waals surface area (Å²) in [5.41, 5.74) is 3.24. The number of hydrogen-bond acceptors (Lipinski definition) is 6. The van der Waals surface area contributed by atoms with E-state index in [2.05, 4.69) is 16.4 Å². The van der Waals surface area contributed by atoms with E-state index in [1.807, 2.05) is 18.2 Å². The Labute approximate surface area is 191 Å². The van der Waals surface area contributed by atoms with Crippen LogP contribution in [0.1, 0.15) is 36.5 Å². The molecule has 0 saturated heterocycles. The van der Waals surface area contributed by atoms with E-state index in [0.29, 0.717) is 37.1 Å². The highest BCUT2D eigenvalue weighted by molar-refractivity contribution is 6.30. The van der Waals surface area contributed by atoms with Gasteiger partial charge < -0.3 is 14.6 Å². The second kappa shape index (κ2) is 10.4. The SMILES string of the molecule is COCCCC(=O)[C@@H](C)Nc1cc(=O)n(C)c2ccc(Cc3ccnc(Cl)c3C#N)cc12. The van der Waals surface area contributed by atoms with Gasteiger partial charge in [0.2, 0.25) is 0 Å². The van der Waals surface area contributed by atoms with Gasteiger partial charge in [-0.1, -0.05) is 17.7 Å². The Kier molecular flexibility index (Phi) is 7.62. The third-order valence-corrected chi connectivity index (χ3v) is 5.72. The van der Waals surface area contributed by atoms with Crippen LogP contribution in [0, 0.1) is 11.3 Å². The maximum absolute atomic E-state index is 12.5. The minimum atomic E-state index is -0.449. The Morgan fingerprint density at radius 2 is 2.12 bits per heavy atom. The lowest BCUT2D eigenvalue weighted by atomic mass is 10.00. The summed E-state index contributed by atoms with van der Waals surface area (Å²) in [6.45, 7) is 2.32. The summed E-state index contributed by atoms with van der Waals surface area (Å²) in [5.74, 6) is 0.0529. The van der Waals surface area contributed by atoms with Crippen LogP contribution in [0.4, 0.5) is 5.69 Å². The van der Waals surface area contributed by atoms with Crippen LogP contribution in [0.15, 0.2) is 41.3 Å². The van der Waals surface area contributed by atoms with Crippen LogP contribution in [0.3, 0.4) is 0 Å². The van der Waals surface area contributed by atoms with Crippen LogP contribution < -0.4 is 10.9 Å². The van der Waals surface area contributed by atoms with E-state index in [9.17, 15) is 14.9 Å². The fourth-order valence-corrected chi connectivity index (χ4v) is 3.84. The zero-order valence-electron chi connectivity index (χ0n) is 18.3. The monoisotopic (exact) mass is 452 g/mol. The normalized spacial score (nSPS) is 11.8. The molecule has 32 heavy (non-hydrogen) atoms. The molecule has 7 nitrogen and oxygen atoms in total. The molecule has 1 aromatic carbocycles. The van der Waals surface area contributed by atoms with E-state index in [1.165, 1.54) is 6.07 Å². The Balaban J connectivity index is 1.96. The first-order chi connectivity index (χ1) is 15.3. The maximum atomic E-state index is 12.5. The number of ether oxygens (including phenoxy) is 1. The van der Waals surface area contributed by atoms with E-state index < -0.39 is 6.04 Å². The number of rotatable bonds is 9. The number of hydrogen-bond donors (Lipinski definition) is 1. The number of carbonyl (C=O) groups excluding carboxylic acids is 1. The molecule has 3 aromatic rings. The number of nitriles is 1. The molecule has 1 atom stereocenters. The van der Waals surface area contributed by atoms with Crippen LogP contribution in [0.5, 0.6) is 0 Å². The van der Waals surface area contributed by atoms with Gasteiger partial charge >= 0.3 is 0 Å². The first kappa shape index (κ1) is 23.5. The Morgan fingerprint density at radius 3 is 2.84 bits per heavy atom. The third-order valence-electron chi connectivity index (χ3n) is 5.43. The average molecular weight is 453 g/mol. The molecule has 0 aliphatic heterocycles. The molecule has 0 amide bonds. The van der Waals surface area contributed by atoms with Crippen molar-refractivity contribution in [2.24, 2.45) is 7.05 Å². The summed E-state index contributed by atoms with van der Waals surface area (Å²) in [4.78, 5) is 28.9. The lowest BCUT2D eigenvalue weighted by molar-refractivity contribution is -0.119. The highest BCUT2D eigenvalue weighted by Gasteiger charge is 2.16. The van der Waals surface area contributed by atoms with Gasteiger partial charge in [-0.2, -0.15) is 5.26 Å². The molecule has 0 aliphatic carbocycles. The second-order valence-corrected chi connectivity index (χ2v) is 8.02. The summed E-state index contributed by atoms with van der Waals surface area (Å²) in [6, 6.07) is 10.7. The molecule has 0 fully saturated rings. The van der Waals surface area contributed by atoms with Gasteiger partial charge in [0.05, 0.1) is 17.1 Å². The Hall–Kier alpha value is -3.21. The number of aryl methyl sites for hydroxylation is 1. The zero-order chi connectivity index (χ0) is 23.3. The summed E-state index contributed by atoms with van der Waals surface area (Å²) >= 11 is 6.07. The molecule has 3 rings (SSSR count). The number of methoxy groups -OCH3 is 1. The fraction of sp³-hybridized carbons (Fsp3) is 0.333. The summed E-state index contributed by atoms with van der Waals surface area (Å²) in [5, 5.41) is 13.6. The molecule has 1 N–H and O–H groups in total. The molecule has 0 radical (unpaired) electrons. The number of benzene rings is 1. The molecule has 0 bridgehead atoms. The lowest BCUT2D eigenvalue weighted by Crippen LogP contribution is -2.28. The van der Waals surface area contributed by atoms with E-state index >= 15 is 0 Å². The maximum Gasteiger partial charge on any atom is 0.252 e. The Morgan fingerprint density at radius 1 is 1.34 bits per heavy atom. The smallest absolute Gasteiger partial charge is 0.252 e. The number of fused-ring (bicyclic) bond motifs is 1. The number of Topliss-reactive ketones (excluding diaryl/α,β-unsaturated/α-hetero) is 1. The van der Waals surface area contributed by atoms with Crippen molar-refractivity contribution in [1.29, 1.82) is 5.26 Å². The summed E-state index contributed by atoms with van der Waals surface area (Å²) < 4.78 is 6.58. The number of anilines is 1. The van der Waals surface area contributed by atoms with Gasteiger partial charge in [0.15, 0.2) is 5.78 Å². The molecule has 0 unspecified atom stereocenters. The van der Waals surface area contributed by atoms with Crippen molar-refractivity contribution in [3.8, 4) is 6.07 Å². The highest BCUT2D eigenvalue weighted by Crippen LogP contribution is 2.26. The van der Waals surface area contributed by atoms with Crippen molar-refractivity contribution in [2.75, 3.05) is 19.0 Å². The van der Waals surface area contributed by atoms with Gasteiger partial charge in [0.1, 0.15) is 11.2 Å². The predicted octanol–water partition coefficient (Wildman–Crippen LogP) is 3.85. The largest absolute Gasteiger partial charge is 0.385 e. The molecule has 0 spiro atoms. The summed E-state index contributed by atoms with van der Waals surface area (Å²) in [6.07, 6.45) is 3.11. The van der Waals surface area contributed by atoms with Gasteiger partial charge in [-0.3, -0.25) is 9.59 Å². The number of nitrogens with zero attached hydrogens (tertiary/aromatic N) is 3. The molecule has 0 saturated carbocycles. The highest BCUT2D eigenvalue weighted by atomic mass is 35.5. The summed E-state index contributed by atoms with van der Waals surface area (Å²) in [7, 11) is 3.32. The second-order valence-electron chi connectivity index (χ2n) is 7.66. The number of halogens is 1. The Bertz CT molecular complexity index is 1250. The number of aromatic nitrogens is 2. The van der Waals surface area contributed by atoms with E-state index in [1.54, 1.807) is 37.9 Å². The van der Waals surface area contributed by atoms with Gasteiger partial charge in [0.25, 0.3) is 5.56 Å². The predicted molar refractivity (Wildman–Crippen MR) is 125 cm³/mol. The number of nitrogens with one attached hydrogen (secondary N) is 1. The first-order valence-corrected chi connectivity index (χ1v) is 10.7. The topological polar surface area (TPSA) is 97.0 Å². The molecule has 166 valence electrons. The van der Waals surface area contributed by atoms with Crippen LogP contribution in [0.25, 0.3) is 10.9 Å². The van der Waals surface area contributed by atoms with Crippen molar-refractivity contribution in [1.82, 2.24) is 9.55 Å². The zero-order valence-corrected chi connectivity index (χ0v) is 19.1. The van der Waals surface area contributed by atoms with Crippen molar-refractivity contribution < 1.29 is 9.53 Å². The van der Waals surface area contributed by atoms with Gasteiger partial charge in [-0.15, -0.1) is 0 Å². The number of pyridine rings is 2. The van der Waals surface area contributed by atoms with Crippen molar-refractivity contribution in [3.05, 3.63) is 68.7 Å². The minimum Gasteiger partial charge on any atom is -0.385 e. The average Bonchev–Trinajstić information content (AvgIpc) is 2.77. The van der Waals surface area contributed by atoms with Crippen LogP contribution in [0.2, 0.25) is 5.15 Å². The van der Waals surface area contributed by atoms with Crippen LogP contribution in [-0.2, 0) is 23.0 Å². The van der Waals surface area contributed by atoms with E-state index in [-0.39, 0.29) is 16.5 Å². The van der Waals surface area contributed by atoms with Crippen molar-refractivity contribution >= 4 is 34.0 Å². The number of ketones is 1. The van der Waals surface area contributed by atoms with Crippen LogP contribution in [-0.4, -0.2) is 35.1 Å². The van der Waals surface area contributed by atoms with E-state index in [4.69, 9.17) is 16.3 Å². The first-order valence-electron chi connectivity index (χ1n) is 10.3. The molecule has 2 aromatic heterocycles. The number of carbonyl (C=O) groups is 1. The third kappa shape index (κ3) is 5.16. The van der Waals surface area contributed by atoms with Crippen molar-refractivity contribution in [2.45, 2.75) is 32.2 Å². The van der Waals surface area contributed by atoms with Crippen molar-refractivity contribution in [3.63, 3.8) is 0 Å². The minimum absolute atomic E-state index is 0.0529. The van der Waals surface area contributed by atoms with Crippen LogP contribution >= 0.6 is 11.6 Å². The fourth-order valence-electron chi connectivity index (χ4n) is 3.62. The molecular weight excluding hydrogens is 428 g/mol. The van der Waals surface area contributed by atoms with Gasteiger partial charge in [-0.05, 0) is 49.1 Å². The lowest BCUT2D eigenvalue weighted by Gasteiger charge is -2.18. The molecule has 2 heterocycles. The van der Waals surface area contributed by atoms with E-state index in [0.717, 1.165) is 22.0 Å². The standard InChI is InChI=1S/C24H25ClN4O3/c1-15(22(30)5-4-10-32-3)28-20-13-23(31)29(2)21-7-6-16(12-18(20)21)11-17-8-9-27-24(25)19(17)14-26/h6-9,12-13,15,28H,4-5,10-11H2,1-3H3/t15-/m1/s1. The molecular formula is C24H25ClN4O3. The molecule has 8 heteroatoms. The quantitative estimate of drug-likeness (QED) is 0.391.